The van der Waals surface area contributed by atoms with E-state index in [4.69, 9.17) is 16.3 Å². The van der Waals surface area contributed by atoms with Crippen LogP contribution in [0.4, 0.5) is 4.79 Å². The molecule has 1 fully saturated rings. The zero-order valence-electron chi connectivity index (χ0n) is 18.0. The number of amides is 3. The van der Waals surface area contributed by atoms with Gasteiger partial charge in [-0.1, -0.05) is 23.7 Å². The van der Waals surface area contributed by atoms with Gasteiger partial charge in [-0.25, -0.2) is 4.79 Å². The van der Waals surface area contributed by atoms with Crippen molar-refractivity contribution in [1.29, 1.82) is 0 Å². The van der Waals surface area contributed by atoms with Gasteiger partial charge < -0.3 is 20.3 Å². The zero-order chi connectivity index (χ0) is 22.1. The summed E-state index contributed by atoms with van der Waals surface area (Å²) < 4.78 is 5.10. The van der Waals surface area contributed by atoms with E-state index in [0.717, 1.165) is 18.4 Å². The normalized spacial score (nSPS) is 14.9. The summed E-state index contributed by atoms with van der Waals surface area (Å²) in [5, 5.41) is 5.97. The molecule has 7 nitrogen and oxygen atoms in total. The van der Waals surface area contributed by atoms with Gasteiger partial charge in [0.1, 0.15) is 5.60 Å². The maximum atomic E-state index is 12.4. The Bertz CT molecular complexity index is 740. The molecule has 1 aliphatic heterocycles. The molecule has 30 heavy (non-hydrogen) atoms. The smallest absolute Gasteiger partial charge is 0.408 e. The Morgan fingerprint density at radius 3 is 2.50 bits per heavy atom. The minimum atomic E-state index is -0.609. The Morgan fingerprint density at radius 1 is 1.17 bits per heavy atom. The van der Waals surface area contributed by atoms with Gasteiger partial charge in [0.15, 0.2) is 0 Å². The average molecular weight is 438 g/mol. The predicted molar refractivity (Wildman–Crippen MR) is 116 cm³/mol. The highest BCUT2D eigenvalue weighted by atomic mass is 35.5. The molecule has 0 saturated carbocycles. The number of carbonyl (C=O) groups excluding carboxylic acids is 3. The van der Waals surface area contributed by atoms with Crippen LogP contribution in [-0.2, 0) is 20.7 Å². The maximum Gasteiger partial charge on any atom is 0.408 e. The standard InChI is InChI=1S/C22H32ClN3O4/c1-22(2,3)30-21(29)25-15-19(27)24-14-17-9-11-26(12-10-17)20(28)8-7-16-5-4-6-18(23)13-16/h4-6,13,17H,7-12,14-15H2,1-3H3,(H,24,27)(H,25,29). The Kier molecular flexibility index (Phi) is 8.96. The average Bonchev–Trinajstić information content (AvgIpc) is 2.68. The molecule has 8 heteroatoms. The number of ether oxygens (including phenoxy) is 1. The number of halogens is 1. The molecule has 0 bridgehead atoms. The van der Waals surface area contributed by atoms with Gasteiger partial charge in [-0.3, -0.25) is 9.59 Å². The van der Waals surface area contributed by atoms with Gasteiger partial charge in [-0.15, -0.1) is 0 Å². The number of nitrogens with one attached hydrogen (secondary N) is 2. The lowest BCUT2D eigenvalue weighted by atomic mass is 9.96. The highest BCUT2D eigenvalue weighted by molar-refractivity contribution is 6.30. The third kappa shape index (κ3) is 9.03. The van der Waals surface area contributed by atoms with E-state index in [0.29, 0.717) is 43.4 Å². The second-order valence-electron chi connectivity index (χ2n) is 8.61. The Labute approximate surface area is 183 Å². The van der Waals surface area contributed by atoms with E-state index >= 15 is 0 Å². The van der Waals surface area contributed by atoms with Crippen molar-refractivity contribution in [3.05, 3.63) is 34.9 Å². The van der Waals surface area contributed by atoms with Gasteiger partial charge >= 0.3 is 6.09 Å². The molecule has 0 unspecified atom stereocenters. The van der Waals surface area contributed by atoms with Crippen molar-refractivity contribution in [2.75, 3.05) is 26.2 Å². The first kappa shape index (κ1) is 24.0. The summed E-state index contributed by atoms with van der Waals surface area (Å²) in [6.45, 7) is 7.12. The van der Waals surface area contributed by atoms with Crippen molar-refractivity contribution in [3.63, 3.8) is 0 Å². The Hall–Kier alpha value is -2.28. The fourth-order valence-corrected chi connectivity index (χ4v) is 3.49. The van der Waals surface area contributed by atoms with Crippen LogP contribution in [0.3, 0.4) is 0 Å². The van der Waals surface area contributed by atoms with Gasteiger partial charge in [-0.2, -0.15) is 0 Å². The van der Waals surface area contributed by atoms with Crippen LogP contribution >= 0.6 is 11.6 Å². The van der Waals surface area contributed by atoms with E-state index in [1.807, 2.05) is 29.2 Å². The number of aryl methyl sites for hydroxylation is 1. The quantitative estimate of drug-likeness (QED) is 0.685. The number of piperidine rings is 1. The molecule has 0 radical (unpaired) electrons. The summed E-state index contributed by atoms with van der Waals surface area (Å²) in [4.78, 5) is 37.8. The fraction of sp³-hybridized carbons (Fsp3) is 0.591. The molecule has 166 valence electrons. The van der Waals surface area contributed by atoms with E-state index in [9.17, 15) is 14.4 Å². The van der Waals surface area contributed by atoms with Crippen LogP contribution < -0.4 is 10.6 Å². The molecular weight excluding hydrogens is 406 g/mol. The topological polar surface area (TPSA) is 87.7 Å². The van der Waals surface area contributed by atoms with E-state index in [1.54, 1.807) is 20.8 Å². The van der Waals surface area contributed by atoms with Crippen LogP contribution in [-0.4, -0.2) is 54.6 Å². The van der Waals surface area contributed by atoms with Gasteiger partial charge in [0.05, 0.1) is 6.54 Å². The number of likely N-dealkylation sites (tertiary alicyclic amines) is 1. The summed E-state index contributed by atoms with van der Waals surface area (Å²) in [7, 11) is 0. The van der Waals surface area contributed by atoms with Crippen LogP contribution in [0.15, 0.2) is 24.3 Å². The number of nitrogens with zero attached hydrogens (tertiary/aromatic N) is 1. The first-order valence-corrected chi connectivity index (χ1v) is 10.8. The van der Waals surface area contributed by atoms with Crippen LogP contribution in [0.2, 0.25) is 5.02 Å². The number of hydrogen-bond acceptors (Lipinski definition) is 4. The van der Waals surface area contributed by atoms with Crippen LogP contribution in [0.1, 0.15) is 45.6 Å². The van der Waals surface area contributed by atoms with Crippen molar-refractivity contribution in [1.82, 2.24) is 15.5 Å². The summed E-state index contributed by atoms with van der Waals surface area (Å²) in [6.07, 6.45) is 2.24. The number of rotatable bonds is 7. The fourth-order valence-electron chi connectivity index (χ4n) is 3.28. The highest BCUT2D eigenvalue weighted by Gasteiger charge is 2.23. The molecule has 0 aromatic heterocycles. The zero-order valence-corrected chi connectivity index (χ0v) is 18.8. The van der Waals surface area contributed by atoms with Gasteiger partial charge in [-0.05, 0) is 63.6 Å². The largest absolute Gasteiger partial charge is 0.444 e. The molecule has 2 N–H and O–H groups in total. The molecule has 1 heterocycles. The molecule has 1 aromatic carbocycles. The number of hydrogen-bond donors (Lipinski definition) is 2. The predicted octanol–water partition coefficient (Wildman–Crippen LogP) is 3.15. The lowest BCUT2D eigenvalue weighted by molar-refractivity contribution is -0.132. The van der Waals surface area contributed by atoms with Crippen LogP contribution in [0, 0.1) is 5.92 Å². The van der Waals surface area contributed by atoms with Crippen molar-refractivity contribution in [2.24, 2.45) is 5.92 Å². The summed E-state index contributed by atoms with van der Waals surface area (Å²) in [5.74, 6) is 0.229. The first-order valence-electron chi connectivity index (χ1n) is 10.4. The second-order valence-corrected chi connectivity index (χ2v) is 9.05. The molecular formula is C22H32ClN3O4. The van der Waals surface area contributed by atoms with Crippen LogP contribution in [0.5, 0.6) is 0 Å². The first-order chi connectivity index (χ1) is 14.1. The third-order valence-electron chi connectivity index (χ3n) is 4.86. The molecule has 1 aliphatic rings. The van der Waals surface area contributed by atoms with Gasteiger partial charge in [0.2, 0.25) is 11.8 Å². The third-order valence-corrected chi connectivity index (χ3v) is 5.10. The monoisotopic (exact) mass is 437 g/mol. The Morgan fingerprint density at radius 2 is 1.87 bits per heavy atom. The lowest BCUT2D eigenvalue weighted by Crippen LogP contribution is -2.44. The summed E-state index contributed by atoms with van der Waals surface area (Å²) >= 11 is 5.99. The van der Waals surface area contributed by atoms with Gasteiger partial charge in [0.25, 0.3) is 0 Å². The molecule has 0 spiro atoms. The minimum Gasteiger partial charge on any atom is -0.444 e. The molecule has 0 aliphatic carbocycles. The van der Waals surface area contributed by atoms with Gasteiger partial charge in [0, 0.05) is 31.1 Å². The van der Waals surface area contributed by atoms with Crippen LogP contribution in [0.25, 0.3) is 0 Å². The SMILES string of the molecule is CC(C)(C)OC(=O)NCC(=O)NCC1CCN(C(=O)CCc2cccc(Cl)c2)CC1. The van der Waals surface area contributed by atoms with Crippen molar-refractivity contribution < 1.29 is 19.1 Å². The number of benzene rings is 1. The molecule has 1 aromatic rings. The minimum absolute atomic E-state index is 0.115. The van der Waals surface area contributed by atoms with Crippen molar-refractivity contribution >= 4 is 29.5 Å². The van der Waals surface area contributed by atoms with E-state index in [1.165, 1.54) is 0 Å². The van der Waals surface area contributed by atoms with E-state index in [-0.39, 0.29) is 18.4 Å². The summed E-state index contributed by atoms with van der Waals surface area (Å²) in [6, 6.07) is 7.59. The second kappa shape index (κ2) is 11.2. The molecule has 2 rings (SSSR count). The molecule has 0 atom stereocenters. The van der Waals surface area contributed by atoms with E-state index < -0.39 is 11.7 Å². The molecule has 1 saturated heterocycles. The van der Waals surface area contributed by atoms with E-state index in [2.05, 4.69) is 10.6 Å². The molecule has 3 amide bonds. The number of carbonyl (C=O) groups is 3. The van der Waals surface area contributed by atoms with Crippen molar-refractivity contribution in [2.45, 2.75) is 52.1 Å². The van der Waals surface area contributed by atoms with Crippen molar-refractivity contribution in [3.8, 4) is 0 Å². The lowest BCUT2D eigenvalue weighted by Gasteiger charge is -2.32. The summed E-state index contributed by atoms with van der Waals surface area (Å²) in [5.41, 5.74) is 0.466. The number of alkyl carbamates (subject to hydrolysis) is 1. The highest BCUT2D eigenvalue weighted by Crippen LogP contribution is 2.18. The Balaban J connectivity index is 1.61. The maximum absolute atomic E-state index is 12.4.